The van der Waals surface area contributed by atoms with Crippen molar-refractivity contribution in [3.63, 3.8) is 0 Å². The van der Waals surface area contributed by atoms with Gasteiger partial charge in [0.05, 0.1) is 16.3 Å². The summed E-state index contributed by atoms with van der Waals surface area (Å²) in [5.41, 5.74) is 1.05. The lowest BCUT2D eigenvalue weighted by Crippen LogP contribution is -2.11. The van der Waals surface area contributed by atoms with Crippen LogP contribution in [0.2, 0.25) is 5.02 Å². The Morgan fingerprint density at radius 2 is 2.09 bits per heavy atom. The number of benzene rings is 1. The van der Waals surface area contributed by atoms with Crippen molar-refractivity contribution in [1.82, 2.24) is 0 Å². The Bertz CT molecular complexity index is 1000. The molecule has 0 atom stereocenters. The molecule has 1 aromatic carbocycles. The highest BCUT2D eigenvalue weighted by atomic mass is 35.5. The van der Waals surface area contributed by atoms with Crippen LogP contribution in [0.4, 0.5) is 5.69 Å². The maximum atomic E-state index is 12.3. The van der Waals surface area contributed by atoms with Crippen molar-refractivity contribution in [3.05, 3.63) is 46.0 Å². The minimum Gasteiger partial charge on any atom is -0.459 e. The third-order valence-electron chi connectivity index (χ3n) is 3.28. The molecule has 120 valence electrons. The van der Waals surface area contributed by atoms with Crippen LogP contribution in [0.25, 0.3) is 11.0 Å². The lowest BCUT2D eigenvalue weighted by molar-refractivity contribution is 0.101. The maximum Gasteiger partial charge on any atom is 0.271 e. The minimum absolute atomic E-state index is 0.171. The van der Waals surface area contributed by atoms with E-state index in [-0.39, 0.29) is 20.7 Å². The standard InChI is InChI=1S/C15H12ClNO4S2/c1-8(18)14-9(2)21-15-11(14)6-10(7-12(15)16)17-23(19,20)13-4-3-5-22-13/h3-7,17H,1-2H3. The second-order valence-electron chi connectivity index (χ2n) is 4.96. The van der Waals surface area contributed by atoms with E-state index in [2.05, 4.69) is 4.72 Å². The van der Waals surface area contributed by atoms with Gasteiger partial charge in [-0.1, -0.05) is 17.7 Å². The Morgan fingerprint density at radius 3 is 2.70 bits per heavy atom. The van der Waals surface area contributed by atoms with Crippen molar-refractivity contribution < 1.29 is 17.6 Å². The molecule has 0 spiro atoms. The fourth-order valence-electron chi connectivity index (χ4n) is 2.39. The molecule has 5 nitrogen and oxygen atoms in total. The normalized spacial score (nSPS) is 11.8. The molecule has 0 saturated heterocycles. The Morgan fingerprint density at radius 1 is 1.35 bits per heavy atom. The van der Waals surface area contributed by atoms with E-state index >= 15 is 0 Å². The number of carbonyl (C=O) groups excluding carboxylic acids is 1. The van der Waals surface area contributed by atoms with Gasteiger partial charge >= 0.3 is 0 Å². The van der Waals surface area contributed by atoms with Crippen molar-refractivity contribution in [2.45, 2.75) is 18.1 Å². The van der Waals surface area contributed by atoms with E-state index in [0.29, 0.717) is 22.3 Å². The predicted octanol–water partition coefficient (Wildman–Crippen LogP) is 4.46. The number of fused-ring (bicyclic) bond motifs is 1. The number of carbonyl (C=O) groups is 1. The smallest absolute Gasteiger partial charge is 0.271 e. The van der Waals surface area contributed by atoms with Crippen LogP contribution in [-0.2, 0) is 10.0 Å². The van der Waals surface area contributed by atoms with Gasteiger partial charge in [-0.3, -0.25) is 9.52 Å². The molecule has 0 aliphatic rings. The first-order chi connectivity index (χ1) is 10.8. The molecule has 0 fully saturated rings. The summed E-state index contributed by atoms with van der Waals surface area (Å²) in [4.78, 5) is 11.8. The van der Waals surface area contributed by atoms with E-state index in [9.17, 15) is 13.2 Å². The SMILES string of the molecule is CC(=O)c1c(C)oc2c(Cl)cc(NS(=O)(=O)c3cccs3)cc12. The van der Waals surface area contributed by atoms with Crippen molar-refractivity contribution >= 4 is 55.4 Å². The van der Waals surface area contributed by atoms with Crippen molar-refractivity contribution in [1.29, 1.82) is 0 Å². The molecular formula is C15H12ClNO4S2. The number of ketones is 1. The Balaban J connectivity index is 2.13. The molecule has 0 aliphatic heterocycles. The zero-order valence-corrected chi connectivity index (χ0v) is 14.6. The lowest BCUT2D eigenvalue weighted by atomic mass is 10.1. The average molecular weight is 370 g/mol. The Hall–Kier alpha value is -1.83. The first-order valence-electron chi connectivity index (χ1n) is 6.59. The van der Waals surface area contributed by atoms with Crippen LogP contribution in [0.1, 0.15) is 23.0 Å². The van der Waals surface area contributed by atoms with Crippen molar-refractivity contribution in [2.24, 2.45) is 0 Å². The van der Waals surface area contributed by atoms with E-state index in [4.69, 9.17) is 16.0 Å². The van der Waals surface area contributed by atoms with Crippen LogP contribution in [0, 0.1) is 6.92 Å². The van der Waals surface area contributed by atoms with Crippen LogP contribution in [0.5, 0.6) is 0 Å². The molecular weight excluding hydrogens is 358 g/mol. The van der Waals surface area contributed by atoms with E-state index in [0.717, 1.165) is 11.3 Å². The number of halogens is 1. The molecule has 8 heteroatoms. The number of furan rings is 1. The van der Waals surface area contributed by atoms with Crippen LogP contribution < -0.4 is 4.72 Å². The number of hydrogen-bond donors (Lipinski definition) is 1. The largest absolute Gasteiger partial charge is 0.459 e. The quantitative estimate of drug-likeness (QED) is 0.689. The summed E-state index contributed by atoms with van der Waals surface area (Å²) < 4.78 is 32.8. The third-order valence-corrected chi connectivity index (χ3v) is 6.34. The topological polar surface area (TPSA) is 76.4 Å². The molecule has 0 unspecified atom stereocenters. The molecule has 2 heterocycles. The maximum absolute atomic E-state index is 12.3. The summed E-state index contributed by atoms with van der Waals surface area (Å²) in [5.74, 6) is 0.281. The van der Waals surface area contributed by atoms with Gasteiger partial charge in [-0.25, -0.2) is 8.42 Å². The zero-order chi connectivity index (χ0) is 16.8. The minimum atomic E-state index is -3.69. The first-order valence-corrected chi connectivity index (χ1v) is 9.33. The molecule has 1 N–H and O–H groups in total. The number of aryl methyl sites for hydroxylation is 1. The van der Waals surface area contributed by atoms with Crippen molar-refractivity contribution in [3.8, 4) is 0 Å². The summed E-state index contributed by atoms with van der Waals surface area (Å²) >= 11 is 7.28. The molecule has 0 amide bonds. The van der Waals surface area contributed by atoms with Gasteiger partial charge in [0, 0.05) is 5.39 Å². The van der Waals surface area contributed by atoms with E-state index in [1.165, 1.54) is 19.1 Å². The fourth-order valence-corrected chi connectivity index (χ4v) is 4.69. The van der Waals surface area contributed by atoms with E-state index < -0.39 is 10.0 Å². The molecule has 23 heavy (non-hydrogen) atoms. The van der Waals surface area contributed by atoms with Gasteiger partial charge in [0.1, 0.15) is 9.97 Å². The molecule has 0 saturated carbocycles. The summed E-state index contributed by atoms with van der Waals surface area (Å²) in [6, 6.07) is 6.18. The second kappa shape index (κ2) is 5.67. The van der Waals surface area contributed by atoms with Crippen LogP contribution in [0.3, 0.4) is 0 Å². The van der Waals surface area contributed by atoms with Crippen molar-refractivity contribution in [2.75, 3.05) is 4.72 Å². The number of rotatable bonds is 4. The highest BCUT2D eigenvalue weighted by molar-refractivity contribution is 7.94. The van der Waals surface area contributed by atoms with Gasteiger partial charge in [0.2, 0.25) is 0 Å². The van der Waals surface area contributed by atoms with Gasteiger partial charge in [-0.2, -0.15) is 0 Å². The second-order valence-corrected chi connectivity index (χ2v) is 8.23. The molecule has 3 rings (SSSR count). The zero-order valence-electron chi connectivity index (χ0n) is 12.2. The fraction of sp³-hybridized carbons (Fsp3) is 0.133. The Labute approximate surface area is 141 Å². The molecule has 0 radical (unpaired) electrons. The number of sulfonamides is 1. The number of anilines is 1. The number of hydrogen-bond acceptors (Lipinski definition) is 5. The first kappa shape index (κ1) is 16.0. The van der Waals surface area contributed by atoms with Gasteiger partial charge in [0.15, 0.2) is 11.4 Å². The molecule has 0 bridgehead atoms. The van der Waals surface area contributed by atoms with Gasteiger partial charge in [-0.15, -0.1) is 11.3 Å². The molecule has 2 aromatic heterocycles. The average Bonchev–Trinajstić information content (AvgIpc) is 3.05. The van der Waals surface area contributed by atoms with Gasteiger partial charge in [0.25, 0.3) is 10.0 Å². The highest BCUT2D eigenvalue weighted by Crippen LogP contribution is 2.35. The van der Waals surface area contributed by atoms with Crippen LogP contribution >= 0.6 is 22.9 Å². The van der Waals surface area contributed by atoms with Crippen LogP contribution in [-0.4, -0.2) is 14.2 Å². The number of Topliss-reactive ketones (excluding diaryl/α,β-unsaturated/α-hetero) is 1. The lowest BCUT2D eigenvalue weighted by Gasteiger charge is -2.07. The summed E-state index contributed by atoms with van der Waals surface area (Å²) in [7, 11) is -3.69. The monoisotopic (exact) mass is 369 g/mol. The highest BCUT2D eigenvalue weighted by Gasteiger charge is 2.20. The predicted molar refractivity (Wildman–Crippen MR) is 91.1 cm³/mol. The molecule has 0 aliphatic carbocycles. The Kier molecular flexibility index (Phi) is 3.95. The van der Waals surface area contributed by atoms with Gasteiger partial charge < -0.3 is 4.42 Å². The number of nitrogens with one attached hydrogen (secondary N) is 1. The summed E-state index contributed by atoms with van der Waals surface area (Å²) in [6.45, 7) is 3.09. The van der Waals surface area contributed by atoms with Crippen LogP contribution in [0.15, 0.2) is 38.3 Å². The van der Waals surface area contributed by atoms with E-state index in [1.54, 1.807) is 24.4 Å². The van der Waals surface area contributed by atoms with E-state index in [1.807, 2.05) is 0 Å². The number of thiophene rings is 1. The third kappa shape index (κ3) is 2.87. The molecule has 3 aromatic rings. The van der Waals surface area contributed by atoms with Gasteiger partial charge in [-0.05, 0) is 37.4 Å². The summed E-state index contributed by atoms with van der Waals surface area (Å²) in [5, 5.41) is 2.41. The summed E-state index contributed by atoms with van der Waals surface area (Å²) in [6.07, 6.45) is 0.